The minimum atomic E-state index is -0.223. The van der Waals surface area contributed by atoms with Crippen LogP contribution in [0.5, 0.6) is 0 Å². The van der Waals surface area contributed by atoms with Gasteiger partial charge in [-0.3, -0.25) is 0 Å². The Kier molecular flexibility index (Phi) is 7.24. The summed E-state index contributed by atoms with van der Waals surface area (Å²) in [6, 6.07) is 9.14. The first-order chi connectivity index (χ1) is 9.09. The number of hydrogen-bond acceptors (Lipinski definition) is 2. The zero-order valence-corrected chi connectivity index (χ0v) is 12.1. The van der Waals surface area contributed by atoms with Crippen molar-refractivity contribution < 1.29 is 9.53 Å². The number of rotatable bonds is 8. The van der Waals surface area contributed by atoms with Crippen LogP contribution < -0.4 is 0 Å². The van der Waals surface area contributed by atoms with Crippen LogP contribution in [0.1, 0.15) is 49.9 Å². The van der Waals surface area contributed by atoms with E-state index in [0.29, 0.717) is 24.0 Å². The van der Waals surface area contributed by atoms with Crippen molar-refractivity contribution in [3.63, 3.8) is 0 Å². The lowest BCUT2D eigenvalue weighted by molar-refractivity contribution is 0.0483. The molecule has 0 spiro atoms. The second kappa shape index (κ2) is 8.73. The highest BCUT2D eigenvalue weighted by atomic mass is 16.5. The average molecular weight is 261 g/mol. The summed E-state index contributed by atoms with van der Waals surface area (Å²) in [5.41, 5.74) is 0.626. The molecule has 0 bridgehead atoms. The van der Waals surface area contributed by atoms with Crippen molar-refractivity contribution in [2.45, 2.75) is 39.5 Å². The predicted molar refractivity (Wildman–Crippen MR) is 78.9 cm³/mol. The molecule has 1 aromatic rings. The summed E-state index contributed by atoms with van der Waals surface area (Å²) in [6.07, 6.45) is 4.50. The summed E-state index contributed by atoms with van der Waals surface area (Å²) in [5.74, 6) is 0.907. The first-order valence-corrected chi connectivity index (χ1v) is 7.15. The number of esters is 1. The lowest BCUT2D eigenvalue weighted by Gasteiger charge is -2.14. The first kappa shape index (κ1) is 15.7. The molecule has 1 aromatic carbocycles. The summed E-state index contributed by atoms with van der Waals surface area (Å²) in [4.78, 5) is 11.7. The maximum Gasteiger partial charge on any atom is 0.338 e. The molecule has 2 heteroatoms. The Labute approximate surface area is 117 Å². The predicted octanol–water partition coefficient (Wildman–Crippen LogP) is 4.51. The van der Waals surface area contributed by atoms with Crippen LogP contribution in [-0.4, -0.2) is 12.6 Å². The fourth-order valence-electron chi connectivity index (χ4n) is 1.97. The molecule has 2 unspecified atom stereocenters. The fourth-order valence-corrected chi connectivity index (χ4v) is 1.97. The molecule has 0 aliphatic heterocycles. The number of carbonyl (C=O) groups is 1. The van der Waals surface area contributed by atoms with Crippen LogP contribution in [0.2, 0.25) is 0 Å². The van der Waals surface area contributed by atoms with Gasteiger partial charge in [0.05, 0.1) is 12.2 Å². The Hall–Kier alpha value is -1.31. The van der Waals surface area contributed by atoms with Gasteiger partial charge < -0.3 is 11.7 Å². The van der Waals surface area contributed by atoms with Gasteiger partial charge in [0.15, 0.2) is 0 Å². The van der Waals surface area contributed by atoms with Gasteiger partial charge in [0, 0.05) is 0 Å². The first-order valence-electron chi connectivity index (χ1n) is 7.15. The third-order valence-corrected chi connectivity index (χ3v) is 3.25. The van der Waals surface area contributed by atoms with Crippen molar-refractivity contribution in [1.29, 1.82) is 0 Å². The Morgan fingerprint density at radius 3 is 2.47 bits per heavy atom. The molecule has 0 heterocycles. The monoisotopic (exact) mass is 261 g/mol. The van der Waals surface area contributed by atoms with Gasteiger partial charge in [0.2, 0.25) is 0 Å². The van der Waals surface area contributed by atoms with Crippen LogP contribution in [0.3, 0.4) is 0 Å². The molecular weight excluding hydrogens is 236 g/mol. The van der Waals surface area contributed by atoms with Gasteiger partial charge in [-0.05, 0) is 24.5 Å². The van der Waals surface area contributed by atoms with E-state index in [1.165, 1.54) is 19.3 Å². The van der Waals surface area contributed by atoms with Gasteiger partial charge in [-0.15, -0.1) is 0 Å². The zero-order valence-electron chi connectivity index (χ0n) is 12.1. The van der Waals surface area contributed by atoms with Crippen LogP contribution in [0, 0.1) is 18.8 Å². The van der Waals surface area contributed by atoms with Crippen molar-refractivity contribution in [2.75, 3.05) is 6.61 Å². The van der Waals surface area contributed by atoms with Crippen LogP contribution in [0.25, 0.3) is 0 Å². The van der Waals surface area contributed by atoms with E-state index in [9.17, 15) is 4.79 Å². The Morgan fingerprint density at radius 2 is 1.84 bits per heavy atom. The highest BCUT2D eigenvalue weighted by Crippen LogP contribution is 2.15. The molecule has 2 nitrogen and oxygen atoms in total. The molecule has 0 saturated heterocycles. The maximum atomic E-state index is 11.7. The minimum absolute atomic E-state index is 0.223. The molecular formula is C17H25O2-. The number of ether oxygens (including phenoxy) is 1. The Morgan fingerprint density at radius 1 is 1.16 bits per heavy atom. The third kappa shape index (κ3) is 7.00. The van der Waals surface area contributed by atoms with Crippen LogP contribution in [-0.2, 0) is 4.74 Å². The molecule has 106 valence electrons. The number of hydrogen-bond donors (Lipinski definition) is 0. The lowest BCUT2D eigenvalue weighted by atomic mass is 9.98. The molecule has 0 aliphatic rings. The largest absolute Gasteiger partial charge is 0.462 e. The molecule has 0 N–H and O–H groups in total. The Bertz CT molecular complexity index is 357. The second-order valence-corrected chi connectivity index (χ2v) is 5.43. The lowest BCUT2D eigenvalue weighted by Crippen LogP contribution is -2.09. The summed E-state index contributed by atoms with van der Waals surface area (Å²) in [5, 5.41) is 0. The highest BCUT2D eigenvalue weighted by molar-refractivity contribution is 5.89. The van der Waals surface area contributed by atoms with Crippen LogP contribution >= 0.6 is 0 Å². The second-order valence-electron chi connectivity index (χ2n) is 5.43. The maximum absolute atomic E-state index is 11.7. The fraction of sp³-hybridized carbons (Fsp3) is 0.529. The standard InChI is InChI=1S/C17H25O2/c1-14(2)8-7-9-15(3)12-13-19-17(18)16-10-5-4-6-11-16/h4-6,10-11,14-15H,1,7-9,12-13H2,2-3H3/q-1. The topological polar surface area (TPSA) is 26.3 Å². The Balaban J connectivity index is 2.14. The van der Waals surface area contributed by atoms with Crippen molar-refractivity contribution in [2.24, 2.45) is 11.8 Å². The molecule has 0 fully saturated rings. The van der Waals surface area contributed by atoms with E-state index in [1.54, 1.807) is 12.1 Å². The molecule has 0 amide bonds. The van der Waals surface area contributed by atoms with E-state index in [2.05, 4.69) is 20.8 Å². The van der Waals surface area contributed by atoms with E-state index in [4.69, 9.17) is 4.74 Å². The smallest absolute Gasteiger partial charge is 0.338 e. The highest BCUT2D eigenvalue weighted by Gasteiger charge is 2.07. The van der Waals surface area contributed by atoms with Crippen molar-refractivity contribution in [3.8, 4) is 0 Å². The molecule has 0 radical (unpaired) electrons. The molecule has 2 atom stereocenters. The van der Waals surface area contributed by atoms with Gasteiger partial charge in [0.25, 0.3) is 0 Å². The van der Waals surface area contributed by atoms with Gasteiger partial charge in [-0.2, -0.15) is 5.92 Å². The van der Waals surface area contributed by atoms with E-state index >= 15 is 0 Å². The minimum Gasteiger partial charge on any atom is -0.462 e. The summed E-state index contributed by atoms with van der Waals surface area (Å²) in [7, 11) is 0. The third-order valence-electron chi connectivity index (χ3n) is 3.25. The van der Waals surface area contributed by atoms with E-state index in [-0.39, 0.29) is 5.97 Å². The van der Waals surface area contributed by atoms with Gasteiger partial charge in [-0.1, -0.05) is 51.3 Å². The quantitative estimate of drug-likeness (QED) is 0.508. The van der Waals surface area contributed by atoms with Gasteiger partial charge >= 0.3 is 5.97 Å². The van der Waals surface area contributed by atoms with E-state index < -0.39 is 0 Å². The normalized spacial score (nSPS) is 13.8. The van der Waals surface area contributed by atoms with E-state index in [1.807, 2.05) is 18.2 Å². The molecule has 19 heavy (non-hydrogen) atoms. The van der Waals surface area contributed by atoms with Crippen LogP contribution in [0.4, 0.5) is 0 Å². The van der Waals surface area contributed by atoms with Gasteiger partial charge in [0.1, 0.15) is 0 Å². The summed E-state index contributed by atoms with van der Waals surface area (Å²) < 4.78 is 5.27. The molecule has 0 saturated carbocycles. The average Bonchev–Trinajstić information content (AvgIpc) is 2.39. The molecule has 0 aliphatic carbocycles. The van der Waals surface area contributed by atoms with Crippen molar-refractivity contribution in [3.05, 3.63) is 42.8 Å². The van der Waals surface area contributed by atoms with Crippen LogP contribution in [0.15, 0.2) is 30.3 Å². The van der Waals surface area contributed by atoms with Crippen molar-refractivity contribution >= 4 is 5.97 Å². The number of benzene rings is 1. The molecule has 0 aromatic heterocycles. The zero-order chi connectivity index (χ0) is 14.1. The summed E-state index contributed by atoms with van der Waals surface area (Å²) in [6.45, 7) is 8.85. The van der Waals surface area contributed by atoms with Gasteiger partial charge in [-0.25, -0.2) is 4.79 Å². The van der Waals surface area contributed by atoms with Crippen molar-refractivity contribution in [1.82, 2.24) is 0 Å². The number of carbonyl (C=O) groups excluding carboxylic acids is 1. The van der Waals surface area contributed by atoms with E-state index in [0.717, 1.165) is 6.42 Å². The summed E-state index contributed by atoms with van der Waals surface area (Å²) >= 11 is 0. The molecule has 1 rings (SSSR count). The SMILES string of the molecule is [CH2-]C(C)CCCC(C)CCOC(=O)c1ccccc1.